The number of hydrogen-bond acceptors (Lipinski definition) is 4. The molecule has 2 fully saturated rings. The molecule has 96 valence electrons. The lowest BCUT2D eigenvalue weighted by atomic mass is 9.92. The predicted molar refractivity (Wildman–Crippen MR) is 62.4 cm³/mol. The highest BCUT2D eigenvalue weighted by Gasteiger charge is 2.37. The second-order valence-electron chi connectivity index (χ2n) is 4.94. The lowest BCUT2D eigenvalue weighted by Gasteiger charge is -2.30. The third-order valence-corrected chi connectivity index (χ3v) is 3.78. The van der Waals surface area contributed by atoms with Gasteiger partial charge < -0.3 is 10.1 Å². The van der Waals surface area contributed by atoms with Crippen LogP contribution in [0.15, 0.2) is 0 Å². The van der Waals surface area contributed by atoms with Crippen LogP contribution in [0.5, 0.6) is 0 Å². The fraction of sp³-hybridized carbons (Fsp3) is 0.833. The summed E-state index contributed by atoms with van der Waals surface area (Å²) >= 11 is 0. The number of ether oxygens (including phenoxy) is 1. The fourth-order valence-electron chi connectivity index (χ4n) is 2.68. The molecule has 1 saturated carbocycles. The summed E-state index contributed by atoms with van der Waals surface area (Å²) in [4.78, 5) is 24.4. The molecule has 0 radical (unpaired) electrons. The molecule has 2 aliphatic rings. The van der Waals surface area contributed by atoms with Crippen LogP contribution in [0.25, 0.3) is 0 Å². The Morgan fingerprint density at radius 2 is 2.12 bits per heavy atom. The van der Waals surface area contributed by atoms with E-state index in [1.165, 1.54) is 4.90 Å². The maximum atomic E-state index is 11.8. The molecule has 5 heteroatoms. The van der Waals surface area contributed by atoms with Gasteiger partial charge in [0.25, 0.3) is 0 Å². The van der Waals surface area contributed by atoms with Gasteiger partial charge in [-0.3, -0.25) is 14.5 Å². The Morgan fingerprint density at radius 3 is 2.71 bits per heavy atom. The zero-order chi connectivity index (χ0) is 12.4. The van der Waals surface area contributed by atoms with Crippen LogP contribution >= 0.6 is 0 Å². The molecule has 5 nitrogen and oxygen atoms in total. The minimum Gasteiger partial charge on any atom is -0.381 e. The van der Waals surface area contributed by atoms with E-state index in [0.717, 1.165) is 25.7 Å². The molecule has 0 aromatic rings. The van der Waals surface area contributed by atoms with Crippen molar-refractivity contribution in [3.63, 3.8) is 0 Å². The Balaban J connectivity index is 1.89. The number of nitrogens with zero attached hydrogens (tertiary/aromatic N) is 1. The third kappa shape index (κ3) is 2.66. The minimum absolute atomic E-state index is 0.0911. The van der Waals surface area contributed by atoms with Crippen molar-refractivity contribution in [1.29, 1.82) is 0 Å². The number of carbonyl (C=O) groups excluding carboxylic acids is 2. The SMILES string of the molecule is COC1CCCC(NC2CC(=O)N(C)C2=O)C1. The van der Waals surface area contributed by atoms with Gasteiger partial charge in [0.15, 0.2) is 0 Å². The van der Waals surface area contributed by atoms with Crippen molar-refractivity contribution >= 4 is 11.8 Å². The number of imide groups is 1. The first-order chi connectivity index (χ1) is 8.11. The van der Waals surface area contributed by atoms with Crippen molar-refractivity contribution in [3.8, 4) is 0 Å². The van der Waals surface area contributed by atoms with Crippen LogP contribution in [0, 0.1) is 0 Å². The maximum absolute atomic E-state index is 11.8. The van der Waals surface area contributed by atoms with Gasteiger partial charge >= 0.3 is 0 Å². The van der Waals surface area contributed by atoms with Crippen LogP contribution in [-0.2, 0) is 14.3 Å². The number of likely N-dealkylation sites (tertiary alicyclic amines) is 1. The monoisotopic (exact) mass is 240 g/mol. The van der Waals surface area contributed by atoms with Crippen LogP contribution in [0.2, 0.25) is 0 Å². The molecule has 3 atom stereocenters. The van der Waals surface area contributed by atoms with Gasteiger partial charge in [-0.1, -0.05) is 0 Å². The molecule has 1 aliphatic heterocycles. The number of methoxy groups -OCH3 is 1. The van der Waals surface area contributed by atoms with Gasteiger partial charge in [-0.05, 0) is 25.7 Å². The topological polar surface area (TPSA) is 58.6 Å². The van der Waals surface area contributed by atoms with Crippen LogP contribution in [0.1, 0.15) is 32.1 Å². The Morgan fingerprint density at radius 1 is 1.35 bits per heavy atom. The van der Waals surface area contributed by atoms with E-state index in [4.69, 9.17) is 4.74 Å². The number of carbonyl (C=O) groups is 2. The summed E-state index contributed by atoms with van der Waals surface area (Å²) in [6, 6.07) is -0.0324. The number of hydrogen-bond donors (Lipinski definition) is 1. The molecule has 0 spiro atoms. The minimum atomic E-state index is -0.326. The highest BCUT2D eigenvalue weighted by molar-refractivity contribution is 6.05. The van der Waals surface area contributed by atoms with E-state index in [-0.39, 0.29) is 24.0 Å². The average Bonchev–Trinajstić information content (AvgIpc) is 2.57. The van der Waals surface area contributed by atoms with Gasteiger partial charge in [0.1, 0.15) is 0 Å². The van der Waals surface area contributed by atoms with E-state index in [1.54, 1.807) is 14.2 Å². The summed E-state index contributed by atoms with van der Waals surface area (Å²) in [7, 11) is 3.27. The second-order valence-corrected chi connectivity index (χ2v) is 4.94. The second kappa shape index (κ2) is 5.14. The summed E-state index contributed by atoms with van der Waals surface area (Å²) in [5, 5.41) is 3.30. The quantitative estimate of drug-likeness (QED) is 0.720. The zero-order valence-electron chi connectivity index (χ0n) is 10.4. The summed E-state index contributed by atoms with van der Waals surface area (Å²) in [5.41, 5.74) is 0. The summed E-state index contributed by atoms with van der Waals surface area (Å²) in [5.74, 6) is -0.193. The van der Waals surface area contributed by atoms with Crippen molar-refractivity contribution in [2.75, 3.05) is 14.2 Å². The molecule has 2 amide bonds. The average molecular weight is 240 g/mol. The van der Waals surface area contributed by atoms with Crippen molar-refractivity contribution < 1.29 is 14.3 Å². The number of nitrogens with one attached hydrogen (secondary N) is 1. The van der Waals surface area contributed by atoms with E-state index < -0.39 is 0 Å². The molecule has 3 unspecified atom stereocenters. The Kier molecular flexibility index (Phi) is 3.79. The molecule has 1 saturated heterocycles. The molecule has 1 heterocycles. The van der Waals surface area contributed by atoms with E-state index in [0.29, 0.717) is 12.5 Å². The molecular weight excluding hydrogens is 220 g/mol. The van der Waals surface area contributed by atoms with Crippen LogP contribution in [-0.4, -0.2) is 49.1 Å². The van der Waals surface area contributed by atoms with Crippen LogP contribution < -0.4 is 5.32 Å². The van der Waals surface area contributed by atoms with Crippen molar-refractivity contribution in [1.82, 2.24) is 10.2 Å². The van der Waals surface area contributed by atoms with Gasteiger partial charge in [0.2, 0.25) is 11.8 Å². The van der Waals surface area contributed by atoms with Gasteiger partial charge in [0, 0.05) is 20.2 Å². The van der Waals surface area contributed by atoms with Gasteiger partial charge in [0.05, 0.1) is 18.6 Å². The van der Waals surface area contributed by atoms with E-state index in [1.807, 2.05) is 0 Å². The largest absolute Gasteiger partial charge is 0.381 e. The van der Waals surface area contributed by atoms with E-state index in [2.05, 4.69) is 5.32 Å². The van der Waals surface area contributed by atoms with Crippen molar-refractivity contribution in [3.05, 3.63) is 0 Å². The lowest BCUT2D eigenvalue weighted by molar-refractivity contribution is -0.137. The molecule has 0 aromatic carbocycles. The number of likely N-dealkylation sites (N-methyl/N-ethyl adjacent to an activating group) is 1. The number of amides is 2. The van der Waals surface area contributed by atoms with Gasteiger partial charge in [-0.25, -0.2) is 0 Å². The smallest absolute Gasteiger partial charge is 0.246 e. The first-order valence-electron chi connectivity index (χ1n) is 6.21. The van der Waals surface area contributed by atoms with Crippen molar-refractivity contribution in [2.45, 2.75) is 50.3 Å². The standard InChI is InChI=1S/C12H20N2O3/c1-14-11(15)7-10(12(14)16)13-8-4-3-5-9(6-8)17-2/h8-10,13H,3-7H2,1-2H3. The lowest BCUT2D eigenvalue weighted by Crippen LogP contribution is -2.45. The maximum Gasteiger partial charge on any atom is 0.246 e. The molecule has 2 rings (SSSR count). The van der Waals surface area contributed by atoms with Crippen molar-refractivity contribution in [2.24, 2.45) is 0 Å². The number of rotatable bonds is 3. The molecular formula is C12H20N2O3. The first-order valence-corrected chi connectivity index (χ1v) is 6.21. The van der Waals surface area contributed by atoms with E-state index >= 15 is 0 Å². The van der Waals surface area contributed by atoms with E-state index in [9.17, 15) is 9.59 Å². The van der Waals surface area contributed by atoms with Crippen LogP contribution in [0.3, 0.4) is 0 Å². The Hall–Kier alpha value is -0.940. The molecule has 17 heavy (non-hydrogen) atoms. The highest BCUT2D eigenvalue weighted by atomic mass is 16.5. The molecule has 1 aliphatic carbocycles. The highest BCUT2D eigenvalue weighted by Crippen LogP contribution is 2.22. The fourth-order valence-corrected chi connectivity index (χ4v) is 2.68. The predicted octanol–water partition coefficient (Wildman–Crippen LogP) is 0.291. The zero-order valence-corrected chi connectivity index (χ0v) is 10.4. The Labute approximate surface area is 101 Å². The molecule has 0 aromatic heterocycles. The first kappa shape index (κ1) is 12.5. The van der Waals surface area contributed by atoms with Gasteiger partial charge in [-0.2, -0.15) is 0 Å². The van der Waals surface area contributed by atoms with Crippen LogP contribution in [0.4, 0.5) is 0 Å². The van der Waals surface area contributed by atoms with Gasteiger partial charge in [-0.15, -0.1) is 0 Å². The summed E-state index contributed by atoms with van der Waals surface area (Å²) in [6.45, 7) is 0. The molecule has 0 bridgehead atoms. The molecule has 1 N–H and O–H groups in total. The summed E-state index contributed by atoms with van der Waals surface area (Å²) < 4.78 is 5.35. The Bertz CT molecular complexity index is 319. The normalized spacial score (nSPS) is 34.5. The summed E-state index contributed by atoms with van der Waals surface area (Å²) in [6.07, 6.45) is 4.77. The third-order valence-electron chi connectivity index (χ3n) is 3.78.